The fourth-order valence-electron chi connectivity index (χ4n) is 5.49. The van der Waals surface area contributed by atoms with Crippen LogP contribution < -0.4 is 0 Å². The molecule has 4 heterocycles. The molecule has 2 aromatic rings. The maximum atomic E-state index is 13.4. The Labute approximate surface area is 164 Å². The molecule has 27 heavy (non-hydrogen) atoms. The summed E-state index contributed by atoms with van der Waals surface area (Å²) in [6, 6.07) is 15.4. The van der Waals surface area contributed by atoms with Gasteiger partial charge in [-0.05, 0) is 67.7 Å². The van der Waals surface area contributed by atoms with E-state index in [4.69, 9.17) is 11.6 Å². The lowest BCUT2D eigenvalue weighted by Crippen LogP contribution is -2.60. The third-order valence-corrected chi connectivity index (χ3v) is 6.86. The number of phenolic OH excluding ortho intramolecular Hbond substituents is 1. The first-order chi connectivity index (χ1) is 13.1. The van der Waals surface area contributed by atoms with Crippen molar-refractivity contribution in [2.75, 3.05) is 19.6 Å². The smallest absolute Gasteiger partial charge is 0.254 e. The third-order valence-electron chi connectivity index (χ3n) is 6.63. The van der Waals surface area contributed by atoms with E-state index in [1.54, 1.807) is 18.2 Å². The van der Waals surface area contributed by atoms with E-state index >= 15 is 0 Å². The molecule has 1 N–H and O–H groups in total. The van der Waals surface area contributed by atoms with Crippen LogP contribution in [0.25, 0.3) is 0 Å². The first-order valence-electron chi connectivity index (χ1n) is 9.71. The van der Waals surface area contributed by atoms with Gasteiger partial charge in [0.25, 0.3) is 5.91 Å². The van der Waals surface area contributed by atoms with Crippen LogP contribution in [0.2, 0.25) is 5.02 Å². The fourth-order valence-corrected chi connectivity index (χ4v) is 5.68. The van der Waals surface area contributed by atoms with Crippen LogP contribution >= 0.6 is 11.6 Å². The SMILES string of the molecule is O=C(c1cccc(Cl)c1)N1C[C@@H](c2cccc(O)c2)[C@@H]2[C@H]1C1CCN2CC1. The van der Waals surface area contributed by atoms with Crippen LogP contribution in [0.3, 0.4) is 0 Å². The number of phenols is 1. The Bertz CT molecular complexity index is 878. The van der Waals surface area contributed by atoms with E-state index in [-0.39, 0.29) is 17.9 Å². The average molecular weight is 383 g/mol. The van der Waals surface area contributed by atoms with Crippen molar-refractivity contribution in [3.05, 3.63) is 64.7 Å². The monoisotopic (exact) mass is 382 g/mol. The molecule has 4 saturated heterocycles. The van der Waals surface area contributed by atoms with Gasteiger partial charge in [-0.2, -0.15) is 0 Å². The van der Waals surface area contributed by atoms with E-state index in [0.717, 1.165) is 31.5 Å². The van der Waals surface area contributed by atoms with Gasteiger partial charge in [0.05, 0.1) is 6.04 Å². The molecule has 4 aliphatic rings. The predicted molar refractivity (Wildman–Crippen MR) is 105 cm³/mol. The zero-order valence-electron chi connectivity index (χ0n) is 15.1. The topological polar surface area (TPSA) is 43.8 Å². The molecule has 0 aromatic heterocycles. The van der Waals surface area contributed by atoms with Crippen LogP contribution in [0, 0.1) is 5.92 Å². The number of likely N-dealkylation sites (tertiary alicyclic amines) is 1. The van der Waals surface area contributed by atoms with Gasteiger partial charge in [0.1, 0.15) is 5.75 Å². The summed E-state index contributed by atoms with van der Waals surface area (Å²) in [5, 5.41) is 10.6. The Morgan fingerprint density at radius 3 is 2.56 bits per heavy atom. The number of carbonyl (C=O) groups excluding carboxylic acids is 1. The largest absolute Gasteiger partial charge is 0.508 e. The van der Waals surface area contributed by atoms with Gasteiger partial charge < -0.3 is 10.0 Å². The highest BCUT2D eigenvalue weighted by Gasteiger charge is 2.54. The van der Waals surface area contributed by atoms with Crippen LogP contribution in [-0.2, 0) is 0 Å². The number of piperidine rings is 3. The van der Waals surface area contributed by atoms with Crippen molar-refractivity contribution in [3.63, 3.8) is 0 Å². The molecular weight excluding hydrogens is 360 g/mol. The van der Waals surface area contributed by atoms with Gasteiger partial charge >= 0.3 is 0 Å². The number of amides is 1. The molecule has 2 aromatic carbocycles. The fraction of sp³-hybridized carbons (Fsp3) is 0.409. The molecule has 0 unspecified atom stereocenters. The zero-order valence-corrected chi connectivity index (χ0v) is 15.8. The number of aromatic hydroxyl groups is 1. The second-order valence-electron chi connectivity index (χ2n) is 8.02. The van der Waals surface area contributed by atoms with E-state index in [1.807, 2.05) is 24.3 Å². The highest BCUT2D eigenvalue weighted by molar-refractivity contribution is 6.30. The minimum absolute atomic E-state index is 0.0731. The number of fused-ring (bicyclic) bond motifs is 2. The Kier molecular flexibility index (Phi) is 4.14. The first kappa shape index (κ1) is 17.1. The normalized spacial score (nSPS) is 31.7. The molecule has 4 nitrogen and oxygen atoms in total. The molecule has 3 atom stereocenters. The second kappa shape index (κ2) is 6.54. The minimum atomic E-state index is 0.0731. The van der Waals surface area contributed by atoms with Gasteiger partial charge in [-0.25, -0.2) is 0 Å². The third kappa shape index (κ3) is 2.82. The van der Waals surface area contributed by atoms with E-state index < -0.39 is 0 Å². The maximum Gasteiger partial charge on any atom is 0.254 e. The summed E-state index contributed by atoms with van der Waals surface area (Å²) in [7, 11) is 0. The van der Waals surface area contributed by atoms with Gasteiger partial charge in [-0.3, -0.25) is 9.69 Å². The van der Waals surface area contributed by atoms with Crippen LogP contribution in [0.15, 0.2) is 48.5 Å². The van der Waals surface area contributed by atoms with Crippen molar-refractivity contribution in [1.82, 2.24) is 9.80 Å². The predicted octanol–water partition coefficient (Wildman–Crippen LogP) is 3.75. The number of halogens is 1. The molecule has 6 rings (SSSR count). The quantitative estimate of drug-likeness (QED) is 0.860. The van der Waals surface area contributed by atoms with Gasteiger partial charge in [-0.15, -0.1) is 0 Å². The molecule has 4 fully saturated rings. The van der Waals surface area contributed by atoms with Crippen LogP contribution in [-0.4, -0.2) is 52.5 Å². The van der Waals surface area contributed by atoms with Crippen LogP contribution in [0.1, 0.15) is 34.7 Å². The van der Waals surface area contributed by atoms with Crippen molar-refractivity contribution in [1.29, 1.82) is 0 Å². The molecule has 4 aliphatic heterocycles. The summed E-state index contributed by atoms with van der Waals surface area (Å²) in [6.45, 7) is 2.91. The van der Waals surface area contributed by atoms with Gasteiger partial charge in [-0.1, -0.05) is 29.8 Å². The van der Waals surface area contributed by atoms with E-state index in [0.29, 0.717) is 34.8 Å². The van der Waals surface area contributed by atoms with E-state index in [9.17, 15) is 9.90 Å². The first-order valence-corrected chi connectivity index (χ1v) is 10.1. The molecule has 0 spiro atoms. The highest BCUT2D eigenvalue weighted by atomic mass is 35.5. The number of carbonyl (C=O) groups is 1. The zero-order chi connectivity index (χ0) is 18.5. The van der Waals surface area contributed by atoms with Crippen LogP contribution in [0.5, 0.6) is 5.75 Å². The standard InChI is InChI=1S/C22H23ClN2O2/c23-17-5-1-4-16(11-17)22(27)25-13-19(15-3-2-6-18(26)12-15)21-20(25)14-7-9-24(21)10-8-14/h1-6,11-12,14,19-21,26H,7-10,13H2/t19-,20+,21+/m0/s1. The van der Waals surface area contributed by atoms with Crippen molar-refractivity contribution in [2.24, 2.45) is 5.92 Å². The summed E-state index contributed by atoms with van der Waals surface area (Å²) in [4.78, 5) is 18.0. The van der Waals surface area contributed by atoms with Gasteiger partial charge in [0, 0.05) is 29.1 Å². The summed E-state index contributed by atoms with van der Waals surface area (Å²) < 4.78 is 0. The Morgan fingerprint density at radius 2 is 1.81 bits per heavy atom. The molecule has 5 heteroatoms. The maximum absolute atomic E-state index is 13.4. The number of hydrogen-bond acceptors (Lipinski definition) is 3. The van der Waals surface area contributed by atoms with Crippen molar-refractivity contribution in [2.45, 2.75) is 30.8 Å². The number of benzene rings is 2. The van der Waals surface area contributed by atoms with Gasteiger partial charge in [0.2, 0.25) is 0 Å². The summed E-state index contributed by atoms with van der Waals surface area (Å²) in [5.41, 5.74) is 1.79. The molecule has 0 saturated carbocycles. The molecule has 2 bridgehead atoms. The van der Waals surface area contributed by atoms with Crippen molar-refractivity contribution < 1.29 is 9.90 Å². The number of nitrogens with zero attached hydrogens (tertiary/aromatic N) is 2. The Morgan fingerprint density at radius 1 is 1.04 bits per heavy atom. The molecule has 140 valence electrons. The molecule has 0 aliphatic carbocycles. The molecular formula is C22H23ClN2O2. The van der Waals surface area contributed by atoms with E-state index in [1.165, 1.54) is 0 Å². The van der Waals surface area contributed by atoms with Crippen molar-refractivity contribution in [3.8, 4) is 5.75 Å². The van der Waals surface area contributed by atoms with Gasteiger partial charge in [0.15, 0.2) is 0 Å². The Balaban J connectivity index is 1.53. The average Bonchev–Trinajstić information content (AvgIpc) is 3.11. The van der Waals surface area contributed by atoms with Crippen molar-refractivity contribution >= 4 is 17.5 Å². The van der Waals surface area contributed by atoms with Crippen LogP contribution in [0.4, 0.5) is 0 Å². The lowest BCUT2D eigenvalue weighted by atomic mass is 9.75. The second-order valence-corrected chi connectivity index (χ2v) is 8.46. The minimum Gasteiger partial charge on any atom is -0.508 e. The summed E-state index contributed by atoms with van der Waals surface area (Å²) in [5.74, 6) is 1.15. The summed E-state index contributed by atoms with van der Waals surface area (Å²) >= 11 is 6.13. The number of hydrogen-bond donors (Lipinski definition) is 1. The molecule has 0 radical (unpaired) electrons. The Hall–Kier alpha value is -2.04. The van der Waals surface area contributed by atoms with E-state index in [2.05, 4.69) is 15.9 Å². The molecule has 1 amide bonds. The number of rotatable bonds is 2. The highest BCUT2D eigenvalue weighted by Crippen LogP contribution is 2.47. The lowest BCUT2D eigenvalue weighted by molar-refractivity contribution is -0.00341. The summed E-state index contributed by atoms with van der Waals surface area (Å²) in [6.07, 6.45) is 2.32. The lowest BCUT2D eigenvalue weighted by Gasteiger charge is -2.51.